The summed E-state index contributed by atoms with van der Waals surface area (Å²) in [6, 6.07) is 6.22. The van der Waals surface area contributed by atoms with Gasteiger partial charge in [0.15, 0.2) is 10.7 Å². The van der Waals surface area contributed by atoms with Crippen LogP contribution in [0.25, 0.3) is 0 Å². The van der Waals surface area contributed by atoms with Gasteiger partial charge in [0, 0.05) is 50.8 Å². The van der Waals surface area contributed by atoms with E-state index in [0.29, 0.717) is 28.2 Å². The van der Waals surface area contributed by atoms with Crippen molar-refractivity contribution in [3.63, 3.8) is 0 Å². The number of piperidine rings is 2. The van der Waals surface area contributed by atoms with Crippen LogP contribution in [0.1, 0.15) is 54.6 Å². The minimum absolute atomic E-state index is 0.0860. The molecule has 1 aliphatic carbocycles. The van der Waals surface area contributed by atoms with Gasteiger partial charge in [-0.2, -0.15) is 4.98 Å². The second-order valence-corrected chi connectivity index (χ2v) is 11.0. The highest BCUT2D eigenvalue weighted by Crippen LogP contribution is 2.54. The molecule has 2 saturated heterocycles. The third-order valence-electron chi connectivity index (χ3n) is 7.44. The Bertz CT molecular complexity index is 1200. The molecule has 8 nitrogen and oxygen atoms in total. The Balaban J connectivity index is 1.38. The molecule has 1 aromatic heterocycles. The van der Waals surface area contributed by atoms with Gasteiger partial charge in [-0.1, -0.05) is 0 Å². The molecule has 1 spiro atoms. The van der Waals surface area contributed by atoms with E-state index in [0.717, 1.165) is 25.9 Å². The van der Waals surface area contributed by atoms with E-state index >= 15 is 0 Å². The quantitative estimate of drug-likeness (QED) is 0.600. The summed E-state index contributed by atoms with van der Waals surface area (Å²) >= 11 is 0. The van der Waals surface area contributed by atoms with Crippen molar-refractivity contribution in [1.82, 2.24) is 9.97 Å². The van der Waals surface area contributed by atoms with Crippen molar-refractivity contribution in [1.29, 1.82) is 0 Å². The first-order chi connectivity index (χ1) is 16.6. The number of halogens is 2. The van der Waals surface area contributed by atoms with E-state index in [-0.39, 0.29) is 36.8 Å². The maximum Gasteiger partial charge on any atom is 0.260 e. The zero-order chi connectivity index (χ0) is 24.8. The zero-order valence-electron chi connectivity index (χ0n) is 19.6. The molecule has 0 radical (unpaired) electrons. The van der Waals surface area contributed by atoms with Crippen LogP contribution in [0.4, 0.5) is 26.2 Å². The second kappa shape index (κ2) is 9.00. The Labute approximate surface area is 204 Å². The lowest BCUT2D eigenvalue weighted by Gasteiger charge is -2.35. The van der Waals surface area contributed by atoms with Gasteiger partial charge >= 0.3 is 0 Å². The third kappa shape index (κ3) is 5.24. The number of carbonyl (C=O) groups is 1. The van der Waals surface area contributed by atoms with Crippen LogP contribution >= 0.6 is 0 Å². The molecule has 2 aliphatic heterocycles. The fourth-order valence-electron chi connectivity index (χ4n) is 4.99. The number of aromatic nitrogens is 2. The summed E-state index contributed by atoms with van der Waals surface area (Å²) in [5, 5.41) is 2.74. The van der Waals surface area contributed by atoms with Gasteiger partial charge in [-0.15, -0.1) is 0 Å². The van der Waals surface area contributed by atoms with Crippen molar-refractivity contribution in [2.24, 2.45) is 5.41 Å². The lowest BCUT2D eigenvalue weighted by atomic mass is 9.93. The number of carbonyl (C=O) groups excluding carboxylic acids is 1. The SMILES string of the molecule is Cc1cc(N2CCC(F)(F)CC2)nc(NC(=O)c2ccc([SH](=O)=O)cc2N2CCC3(CC2)CC3)n1. The van der Waals surface area contributed by atoms with Crippen LogP contribution in [0.15, 0.2) is 29.2 Å². The minimum atomic E-state index is -2.78. The average molecular weight is 506 g/mol. The van der Waals surface area contributed by atoms with E-state index in [9.17, 15) is 22.0 Å². The van der Waals surface area contributed by atoms with E-state index in [4.69, 9.17) is 0 Å². The number of hydrogen-bond acceptors (Lipinski definition) is 7. The monoisotopic (exact) mass is 505 g/mol. The molecule has 1 N–H and O–H groups in total. The Morgan fingerprint density at radius 3 is 2.23 bits per heavy atom. The first-order valence-electron chi connectivity index (χ1n) is 12.0. The summed E-state index contributed by atoms with van der Waals surface area (Å²) in [6.45, 7) is 3.64. The molecule has 0 bridgehead atoms. The van der Waals surface area contributed by atoms with E-state index in [1.807, 2.05) is 0 Å². The molecule has 3 fully saturated rings. The Morgan fingerprint density at radius 2 is 1.60 bits per heavy atom. The average Bonchev–Trinajstić information content (AvgIpc) is 3.57. The van der Waals surface area contributed by atoms with Gasteiger partial charge in [0.2, 0.25) is 5.95 Å². The standard InChI is InChI=1S/C24H29F2N5O3S/c1-16-14-20(31-12-8-24(25,26)9-13-31)28-22(27-16)29-21(32)18-3-2-17(35(33)34)15-19(18)30-10-6-23(4-5-23)7-11-30/h2-3,14-15,35H,4-13H2,1H3,(H,27,28,29,32). The van der Waals surface area contributed by atoms with Gasteiger partial charge in [-0.05, 0) is 56.2 Å². The number of amides is 1. The predicted octanol–water partition coefficient (Wildman–Crippen LogP) is 3.62. The Hall–Kier alpha value is -2.82. The second-order valence-electron chi connectivity index (χ2n) is 9.93. The normalized spacial score (nSPS) is 20.8. The summed E-state index contributed by atoms with van der Waals surface area (Å²) in [5.74, 6) is -2.53. The number of anilines is 3. The number of aryl methyl sites for hydroxylation is 1. The molecule has 0 atom stereocenters. The molecule has 35 heavy (non-hydrogen) atoms. The molecular formula is C24H29F2N5O3S. The number of thiol groups is 1. The molecule has 3 aliphatic rings. The van der Waals surface area contributed by atoms with Crippen molar-refractivity contribution in [3.8, 4) is 0 Å². The molecule has 3 heterocycles. The molecule has 0 unspecified atom stereocenters. The Morgan fingerprint density at radius 1 is 0.943 bits per heavy atom. The van der Waals surface area contributed by atoms with Crippen LogP contribution in [-0.2, 0) is 10.7 Å². The smallest absolute Gasteiger partial charge is 0.260 e. The lowest BCUT2D eigenvalue weighted by Crippen LogP contribution is -2.40. The molecule has 5 rings (SSSR count). The molecule has 2 aromatic rings. The molecule has 11 heteroatoms. The summed E-state index contributed by atoms with van der Waals surface area (Å²) in [7, 11) is -2.78. The minimum Gasteiger partial charge on any atom is -0.371 e. The predicted molar refractivity (Wildman–Crippen MR) is 129 cm³/mol. The van der Waals surface area contributed by atoms with Crippen molar-refractivity contribution in [2.75, 3.05) is 41.3 Å². The first-order valence-corrected chi connectivity index (χ1v) is 13.1. The van der Waals surface area contributed by atoms with Gasteiger partial charge in [0.25, 0.3) is 11.8 Å². The number of hydrogen-bond donors (Lipinski definition) is 2. The number of nitrogens with one attached hydrogen (secondary N) is 1. The van der Waals surface area contributed by atoms with Gasteiger partial charge in [-0.25, -0.2) is 22.2 Å². The number of alkyl halides is 2. The summed E-state index contributed by atoms with van der Waals surface area (Å²) < 4.78 is 50.4. The number of benzene rings is 1. The first kappa shape index (κ1) is 23.9. The summed E-state index contributed by atoms with van der Waals surface area (Å²) in [5.41, 5.74) is 1.97. The topological polar surface area (TPSA) is 95.5 Å². The van der Waals surface area contributed by atoms with Crippen LogP contribution < -0.4 is 15.1 Å². The van der Waals surface area contributed by atoms with E-state index < -0.39 is 22.5 Å². The van der Waals surface area contributed by atoms with Crippen molar-refractivity contribution in [2.45, 2.75) is 56.3 Å². The van der Waals surface area contributed by atoms with Crippen LogP contribution in [0.2, 0.25) is 0 Å². The van der Waals surface area contributed by atoms with Gasteiger partial charge in [0.1, 0.15) is 5.82 Å². The Kier molecular flexibility index (Phi) is 6.14. The maximum atomic E-state index is 13.6. The van der Waals surface area contributed by atoms with Crippen molar-refractivity contribution >= 4 is 34.1 Å². The molecule has 1 aromatic carbocycles. The maximum absolute atomic E-state index is 13.6. The van der Waals surface area contributed by atoms with Crippen LogP contribution in [-0.4, -0.2) is 56.4 Å². The number of rotatable bonds is 5. The van der Waals surface area contributed by atoms with Crippen LogP contribution in [0.3, 0.4) is 0 Å². The van der Waals surface area contributed by atoms with E-state index in [2.05, 4.69) is 20.2 Å². The van der Waals surface area contributed by atoms with Crippen LogP contribution in [0, 0.1) is 12.3 Å². The summed E-state index contributed by atoms with van der Waals surface area (Å²) in [6.07, 6.45) is 4.05. The lowest BCUT2D eigenvalue weighted by molar-refractivity contribution is -0.0221. The fourth-order valence-corrected chi connectivity index (χ4v) is 5.41. The summed E-state index contributed by atoms with van der Waals surface area (Å²) in [4.78, 5) is 26.0. The largest absolute Gasteiger partial charge is 0.371 e. The van der Waals surface area contributed by atoms with Crippen molar-refractivity contribution in [3.05, 3.63) is 35.5 Å². The molecule has 1 saturated carbocycles. The van der Waals surface area contributed by atoms with Gasteiger partial charge < -0.3 is 9.80 Å². The van der Waals surface area contributed by atoms with Gasteiger partial charge in [0.05, 0.1) is 16.1 Å². The van der Waals surface area contributed by atoms with Crippen LogP contribution in [0.5, 0.6) is 0 Å². The van der Waals surface area contributed by atoms with E-state index in [1.165, 1.54) is 25.0 Å². The van der Waals surface area contributed by atoms with Gasteiger partial charge in [-0.3, -0.25) is 10.1 Å². The molecule has 188 valence electrons. The zero-order valence-corrected chi connectivity index (χ0v) is 20.5. The number of nitrogens with zero attached hydrogens (tertiary/aromatic N) is 4. The highest BCUT2D eigenvalue weighted by molar-refractivity contribution is 7.72. The van der Waals surface area contributed by atoms with E-state index in [1.54, 1.807) is 24.0 Å². The van der Waals surface area contributed by atoms with Crippen molar-refractivity contribution < 1.29 is 22.0 Å². The molecule has 1 amide bonds. The third-order valence-corrected chi connectivity index (χ3v) is 8.14. The molecular weight excluding hydrogens is 476 g/mol. The fraction of sp³-hybridized carbons (Fsp3) is 0.542. The highest BCUT2D eigenvalue weighted by atomic mass is 32.2. The highest BCUT2D eigenvalue weighted by Gasteiger charge is 2.44.